The molecule has 0 aliphatic carbocycles. The van der Waals surface area contributed by atoms with E-state index in [-0.39, 0.29) is 5.91 Å². The van der Waals surface area contributed by atoms with Crippen LogP contribution in [0.4, 0.5) is 0 Å². The number of carbonyl (C=O) groups excluding carboxylic acids is 1. The van der Waals surface area contributed by atoms with E-state index < -0.39 is 0 Å². The first-order valence-corrected chi connectivity index (χ1v) is 9.06. The molecule has 1 saturated heterocycles. The van der Waals surface area contributed by atoms with Gasteiger partial charge in [0, 0.05) is 60.0 Å². The second-order valence-corrected chi connectivity index (χ2v) is 6.73. The number of rotatable bonds is 3. The molecule has 0 radical (unpaired) electrons. The van der Waals surface area contributed by atoms with Crippen molar-refractivity contribution in [3.05, 3.63) is 54.5 Å². The van der Waals surface area contributed by atoms with E-state index in [4.69, 9.17) is 0 Å². The average molecular weight is 333 g/mol. The van der Waals surface area contributed by atoms with Crippen LogP contribution in [0.5, 0.6) is 0 Å². The van der Waals surface area contributed by atoms with Gasteiger partial charge in [-0.15, -0.1) is 0 Å². The Hall–Kier alpha value is -2.62. The minimum absolute atomic E-state index is 0.256. The molecule has 4 heteroatoms. The lowest BCUT2D eigenvalue weighted by molar-refractivity contribution is -0.132. The Bertz CT molecular complexity index is 885. The molecule has 0 spiro atoms. The number of nitrogens with zero attached hydrogens (tertiary/aromatic N) is 2. The third-order valence-electron chi connectivity index (χ3n) is 5.19. The third kappa shape index (κ3) is 2.93. The van der Waals surface area contributed by atoms with Gasteiger partial charge in [0.1, 0.15) is 0 Å². The molecule has 1 N–H and O–H groups in total. The summed E-state index contributed by atoms with van der Waals surface area (Å²) in [7, 11) is 0. The normalized spacial score (nSPS) is 17.8. The van der Waals surface area contributed by atoms with Gasteiger partial charge in [0.15, 0.2) is 0 Å². The molecule has 3 heterocycles. The van der Waals surface area contributed by atoms with Crippen molar-refractivity contribution in [3.8, 4) is 11.1 Å². The highest BCUT2D eigenvalue weighted by Gasteiger charge is 2.28. The molecule has 2 aromatic heterocycles. The number of fused-ring (bicyclic) bond motifs is 1. The summed E-state index contributed by atoms with van der Waals surface area (Å²) in [5.74, 6) is 0.603. The quantitative estimate of drug-likeness (QED) is 0.775. The topological polar surface area (TPSA) is 49.0 Å². The van der Waals surface area contributed by atoms with Crippen LogP contribution in [0.1, 0.15) is 37.8 Å². The number of aromatic amines is 1. The largest absolute Gasteiger partial charge is 0.358 e. The molecule has 3 aromatic rings. The van der Waals surface area contributed by atoms with E-state index in [2.05, 4.69) is 46.4 Å². The molecule has 1 atom stereocenters. The van der Waals surface area contributed by atoms with Gasteiger partial charge in [-0.05, 0) is 36.6 Å². The van der Waals surface area contributed by atoms with E-state index in [1.807, 2.05) is 24.2 Å². The fourth-order valence-electron chi connectivity index (χ4n) is 3.96. The summed E-state index contributed by atoms with van der Waals surface area (Å²) in [5, 5.41) is 1.24. The van der Waals surface area contributed by atoms with E-state index >= 15 is 0 Å². The third-order valence-corrected chi connectivity index (χ3v) is 5.19. The van der Waals surface area contributed by atoms with Crippen LogP contribution in [0.15, 0.2) is 48.8 Å². The number of benzene rings is 1. The molecule has 4 rings (SSSR count). The van der Waals surface area contributed by atoms with Crippen LogP contribution in [0.3, 0.4) is 0 Å². The lowest BCUT2D eigenvalue weighted by atomic mass is 9.89. The highest BCUT2D eigenvalue weighted by Crippen LogP contribution is 2.39. The number of hydrogen-bond acceptors (Lipinski definition) is 2. The van der Waals surface area contributed by atoms with Crippen molar-refractivity contribution in [1.82, 2.24) is 14.9 Å². The molecule has 0 saturated carbocycles. The predicted molar refractivity (Wildman–Crippen MR) is 100 cm³/mol. The number of nitrogens with one attached hydrogen (secondary N) is 1. The Kier molecular flexibility index (Phi) is 4.26. The number of carbonyl (C=O) groups is 1. The first kappa shape index (κ1) is 15.9. The maximum atomic E-state index is 12.2. The Morgan fingerprint density at radius 3 is 2.84 bits per heavy atom. The van der Waals surface area contributed by atoms with Crippen molar-refractivity contribution in [1.29, 1.82) is 0 Å². The number of likely N-dealkylation sites (tertiary alicyclic amines) is 1. The number of piperidine rings is 1. The summed E-state index contributed by atoms with van der Waals surface area (Å²) in [6.07, 6.45) is 6.43. The number of para-hydroxylation sites is 1. The van der Waals surface area contributed by atoms with Crippen LogP contribution < -0.4 is 0 Å². The molecule has 128 valence electrons. The zero-order chi connectivity index (χ0) is 17.2. The summed E-state index contributed by atoms with van der Waals surface area (Å²) in [6.45, 7) is 3.63. The summed E-state index contributed by atoms with van der Waals surface area (Å²) in [4.78, 5) is 22.0. The van der Waals surface area contributed by atoms with E-state index in [0.717, 1.165) is 31.4 Å². The van der Waals surface area contributed by atoms with Crippen LogP contribution in [0.2, 0.25) is 0 Å². The average Bonchev–Trinajstić information content (AvgIpc) is 3.07. The molecule has 1 fully saturated rings. The van der Waals surface area contributed by atoms with Gasteiger partial charge in [-0.2, -0.15) is 0 Å². The minimum atomic E-state index is 0.256. The molecule has 1 aromatic carbocycles. The fourth-order valence-corrected chi connectivity index (χ4v) is 3.96. The van der Waals surface area contributed by atoms with Gasteiger partial charge in [-0.3, -0.25) is 9.78 Å². The molecule has 25 heavy (non-hydrogen) atoms. The van der Waals surface area contributed by atoms with Gasteiger partial charge < -0.3 is 9.88 Å². The highest BCUT2D eigenvalue weighted by molar-refractivity contribution is 5.97. The lowest BCUT2D eigenvalue weighted by Crippen LogP contribution is -2.38. The zero-order valence-corrected chi connectivity index (χ0v) is 14.5. The standard InChI is InChI=1S/C21H23N3O/c1-2-19(25)24-13-5-6-16(14-24)21-20(15-9-11-22-12-10-15)17-7-3-4-8-18(17)23-21/h3-4,7-12,16,23H,2,5-6,13-14H2,1H3. The number of aromatic nitrogens is 2. The number of H-pyrrole nitrogens is 1. The summed E-state index contributed by atoms with van der Waals surface area (Å²) in [6, 6.07) is 12.6. The van der Waals surface area contributed by atoms with Crippen molar-refractivity contribution >= 4 is 16.8 Å². The molecule has 1 unspecified atom stereocenters. The van der Waals surface area contributed by atoms with E-state index in [1.54, 1.807) is 0 Å². The highest BCUT2D eigenvalue weighted by atomic mass is 16.2. The first-order valence-electron chi connectivity index (χ1n) is 9.06. The van der Waals surface area contributed by atoms with Crippen LogP contribution >= 0.6 is 0 Å². The lowest BCUT2D eigenvalue weighted by Gasteiger charge is -2.33. The SMILES string of the molecule is CCC(=O)N1CCCC(c2[nH]c3ccccc3c2-c2ccncc2)C1. The van der Waals surface area contributed by atoms with Crippen molar-refractivity contribution in [2.75, 3.05) is 13.1 Å². The first-order chi connectivity index (χ1) is 12.3. The predicted octanol–water partition coefficient (Wildman–Crippen LogP) is 4.35. The molecule has 1 aliphatic heterocycles. The zero-order valence-electron chi connectivity index (χ0n) is 14.5. The van der Waals surface area contributed by atoms with Gasteiger partial charge >= 0.3 is 0 Å². The van der Waals surface area contributed by atoms with Crippen LogP contribution in [0, 0.1) is 0 Å². The molecular weight excluding hydrogens is 310 g/mol. The summed E-state index contributed by atoms with van der Waals surface area (Å²) >= 11 is 0. The Balaban J connectivity index is 1.80. The fraction of sp³-hybridized carbons (Fsp3) is 0.333. The summed E-state index contributed by atoms with van der Waals surface area (Å²) < 4.78 is 0. The summed E-state index contributed by atoms with van der Waals surface area (Å²) in [5.41, 5.74) is 4.85. The van der Waals surface area contributed by atoms with Gasteiger partial charge in [0.2, 0.25) is 5.91 Å². The monoisotopic (exact) mass is 333 g/mol. The minimum Gasteiger partial charge on any atom is -0.358 e. The van der Waals surface area contributed by atoms with Gasteiger partial charge in [-0.1, -0.05) is 25.1 Å². The Morgan fingerprint density at radius 1 is 1.24 bits per heavy atom. The van der Waals surface area contributed by atoms with Crippen LogP contribution in [0.25, 0.3) is 22.0 Å². The molecule has 0 bridgehead atoms. The number of hydrogen-bond donors (Lipinski definition) is 1. The molecular formula is C21H23N3O. The van der Waals surface area contributed by atoms with Crippen molar-refractivity contribution < 1.29 is 4.79 Å². The number of amides is 1. The second-order valence-electron chi connectivity index (χ2n) is 6.73. The molecule has 4 nitrogen and oxygen atoms in total. The second kappa shape index (κ2) is 6.71. The Morgan fingerprint density at radius 2 is 2.04 bits per heavy atom. The van der Waals surface area contributed by atoms with Gasteiger partial charge in [0.25, 0.3) is 0 Å². The van der Waals surface area contributed by atoms with Crippen LogP contribution in [-0.4, -0.2) is 33.9 Å². The number of pyridine rings is 1. The van der Waals surface area contributed by atoms with Crippen molar-refractivity contribution in [2.24, 2.45) is 0 Å². The maximum Gasteiger partial charge on any atom is 0.222 e. The molecule has 1 aliphatic rings. The smallest absolute Gasteiger partial charge is 0.222 e. The van der Waals surface area contributed by atoms with Crippen molar-refractivity contribution in [2.45, 2.75) is 32.1 Å². The van der Waals surface area contributed by atoms with Crippen LogP contribution in [-0.2, 0) is 4.79 Å². The van der Waals surface area contributed by atoms with E-state index in [1.165, 1.54) is 22.2 Å². The van der Waals surface area contributed by atoms with Gasteiger partial charge in [0.05, 0.1) is 0 Å². The molecule has 1 amide bonds. The van der Waals surface area contributed by atoms with Crippen molar-refractivity contribution in [3.63, 3.8) is 0 Å². The van der Waals surface area contributed by atoms with E-state index in [0.29, 0.717) is 12.3 Å². The van der Waals surface area contributed by atoms with E-state index in [9.17, 15) is 4.79 Å². The maximum absolute atomic E-state index is 12.2. The van der Waals surface area contributed by atoms with Gasteiger partial charge in [-0.25, -0.2) is 0 Å². The Labute approximate surface area is 147 Å².